The Bertz CT molecular complexity index is 753. The first-order chi connectivity index (χ1) is 10.3. The highest BCUT2D eigenvalue weighted by Crippen LogP contribution is 2.31. The number of hydrogen-bond donors (Lipinski definition) is 2. The van der Waals surface area contributed by atoms with Gasteiger partial charge in [-0.25, -0.2) is 4.98 Å². The molecule has 0 aliphatic heterocycles. The number of ether oxygens (including phenoxy) is 1. The Kier molecular flexibility index (Phi) is 3.60. The predicted molar refractivity (Wildman–Crippen MR) is 78.2 cm³/mol. The highest BCUT2D eigenvalue weighted by atomic mass is 16.5. The number of nitrogens with zero attached hydrogens (tertiary/aromatic N) is 2. The van der Waals surface area contributed by atoms with Crippen molar-refractivity contribution in [3.63, 3.8) is 0 Å². The van der Waals surface area contributed by atoms with Crippen LogP contribution in [0, 0.1) is 0 Å². The van der Waals surface area contributed by atoms with Crippen LogP contribution in [0.1, 0.15) is 22.8 Å². The summed E-state index contributed by atoms with van der Waals surface area (Å²) in [6.45, 7) is -0.195. The van der Waals surface area contributed by atoms with Crippen LogP contribution >= 0.6 is 0 Å². The Labute approximate surface area is 122 Å². The van der Waals surface area contributed by atoms with Gasteiger partial charge in [-0.2, -0.15) is 0 Å². The molecular formula is C16H16N2O3. The van der Waals surface area contributed by atoms with Crippen LogP contribution in [-0.4, -0.2) is 26.7 Å². The van der Waals surface area contributed by atoms with Crippen molar-refractivity contribution in [2.45, 2.75) is 12.7 Å². The molecule has 3 aromatic rings. The van der Waals surface area contributed by atoms with Crippen LogP contribution in [-0.2, 0) is 6.61 Å². The van der Waals surface area contributed by atoms with Gasteiger partial charge in [-0.3, -0.25) is 4.40 Å². The number of pyridine rings is 1. The van der Waals surface area contributed by atoms with E-state index < -0.39 is 6.10 Å². The van der Waals surface area contributed by atoms with Gasteiger partial charge >= 0.3 is 0 Å². The average Bonchev–Trinajstić information content (AvgIpc) is 3.02. The van der Waals surface area contributed by atoms with Crippen LogP contribution < -0.4 is 4.74 Å². The zero-order valence-electron chi connectivity index (χ0n) is 11.6. The van der Waals surface area contributed by atoms with Crippen LogP contribution in [0.15, 0.2) is 48.8 Å². The standard InChI is InChI=1S/C16H16N2O3/c1-21-13-9-12(10-19)14(16-17-7-8-18(13)16)15(20)11-5-3-2-4-6-11/h2-9,15,19-20H,10H2,1H3. The van der Waals surface area contributed by atoms with E-state index >= 15 is 0 Å². The van der Waals surface area contributed by atoms with Gasteiger partial charge in [-0.15, -0.1) is 0 Å². The SMILES string of the molecule is COc1cc(CO)c(C(O)c2ccccc2)c2nccn12. The topological polar surface area (TPSA) is 67.0 Å². The van der Waals surface area contributed by atoms with E-state index in [-0.39, 0.29) is 6.61 Å². The minimum Gasteiger partial charge on any atom is -0.482 e. The minimum atomic E-state index is -0.857. The van der Waals surface area contributed by atoms with Gasteiger partial charge in [0, 0.05) is 24.0 Å². The van der Waals surface area contributed by atoms with Crippen molar-refractivity contribution in [3.8, 4) is 5.88 Å². The summed E-state index contributed by atoms with van der Waals surface area (Å²) >= 11 is 0. The second-order valence-corrected chi connectivity index (χ2v) is 4.72. The number of rotatable bonds is 4. The summed E-state index contributed by atoms with van der Waals surface area (Å²) in [5.74, 6) is 0.565. The lowest BCUT2D eigenvalue weighted by atomic mass is 9.98. The summed E-state index contributed by atoms with van der Waals surface area (Å²) in [6.07, 6.45) is 2.54. The van der Waals surface area contributed by atoms with E-state index in [9.17, 15) is 10.2 Å². The zero-order chi connectivity index (χ0) is 14.8. The molecule has 0 aliphatic carbocycles. The molecule has 0 amide bonds. The fourth-order valence-electron chi connectivity index (χ4n) is 2.51. The van der Waals surface area contributed by atoms with Crippen molar-refractivity contribution in [1.82, 2.24) is 9.38 Å². The third-order valence-corrected chi connectivity index (χ3v) is 3.53. The van der Waals surface area contributed by atoms with Gasteiger partial charge in [0.2, 0.25) is 0 Å². The molecule has 0 radical (unpaired) electrons. The Balaban J connectivity index is 2.24. The van der Waals surface area contributed by atoms with E-state index in [0.29, 0.717) is 22.7 Å². The van der Waals surface area contributed by atoms with Crippen molar-refractivity contribution in [3.05, 3.63) is 65.5 Å². The van der Waals surface area contributed by atoms with Crippen molar-refractivity contribution in [2.24, 2.45) is 0 Å². The van der Waals surface area contributed by atoms with Crippen LogP contribution in [0.5, 0.6) is 5.88 Å². The lowest BCUT2D eigenvalue weighted by Gasteiger charge is -2.18. The predicted octanol–water partition coefficient (Wildman–Crippen LogP) is 1.92. The van der Waals surface area contributed by atoms with Gasteiger partial charge < -0.3 is 14.9 Å². The molecule has 0 fully saturated rings. The summed E-state index contributed by atoms with van der Waals surface area (Å²) in [6, 6.07) is 11.0. The van der Waals surface area contributed by atoms with E-state index in [1.807, 2.05) is 30.3 Å². The summed E-state index contributed by atoms with van der Waals surface area (Å²) in [7, 11) is 1.56. The van der Waals surface area contributed by atoms with Gasteiger partial charge in [0.1, 0.15) is 11.8 Å². The normalized spacial score (nSPS) is 12.5. The Hall–Kier alpha value is -2.37. The van der Waals surface area contributed by atoms with Crippen molar-refractivity contribution in [2.75, 3.05) is 7.11 Å². The Morgan fingerprint density at radius 1 is 1.29 bits per heavy atom. The van der Waals surface area contributed by atoms with Gasteiger partial charge in [0.15, 0.2) is 5.88 Å². The zero-order valence-corrected chi connectivity index (χ0v) is 11.6. The van der Waals surface area contributed by atoms with Crippen LogP contribution in [0.3, 0.4) is 0 Å². The molecule has 1 atom stereocenters. The lowest BCUT2D eigenvalue weighted by Crippen LogP contribution is -2.08. The van der Waals surface area contributed by atoms with Crippen molar-refractivity contribution >= 4 is 5.65 Å². The molecule has 21 heavy (non-hydrogen) atoms. The highest BCUT2D eigenvalue weighted by Gasteiger charge is 2.21. The van der Waals surface area contributed by atoms with Crippen LogP contribution in [0.4, 0.5) is 0 Å². The second-order valence-electron chi connectivity index (χ2n) is 4.72. The number of aliphatic hydroxyl groups excluding tert-OH is 2. The molecular weight excluding hydrogens is 268 g/mol. The molecule has 1 aromatic carbocycles. The molecule has 0 saturated carbocycles. The smallest absolute Gasteiger partial charge is 0.199 e. The van der Waals surface area contributed by atoms with E-state index in [0.717, 1.165) is 5.56 Å². The molecule has 1 unspecified atom stereocenters. The number of fused-ring (bicyclic) bond motifs is 1. The highest BCUT2D eigenvalue weighted by molar-refractivity contribution is 5.58. The summed E-state index contributed by atoms with van der Waals surface area (Å²) in [5.41, 5.74) is 2.52. The number of imidazole rings is 1. The van der Waals surface area contributed by atoms with Gasteiger partial charge in [0.25, 0.3) is 0 Å². The molecule has 108 valence electrons. The van der Waals surface area contributed by atoms with Crippen LogP contribution in [0.2, 0.25) is 0 Å². The third kappa shape index (κ3) is 2.26. The molecule has 0 bridgehead atoms. The molecule has 5 heteroatoms. The van der Waals surface area contributed by atoms with E-state index in [4.69, 9.17) is 4.74 Å². The quantitative estimate of drug-likeness (QED) is 0.768. The van der Waals surface area contributed by atoms with Gasteiger partial charge in [0.05, 0.1) is 13.7 Å². The maximum atomic E-state index is 10.7. The fourth-order valence-corrected chi connectivity index (χ4v) is 2.51. The van der Waals surface area contributed by atoms with Gasteiger partial charge in [-0.1, -0.05) is 30.3 Å². The maximum absolute atomic E-state index is 10.7. The van der Waals surface area contributed by atoms with Gasteiger partial charge in [-0.05, 0) is 11.1 Å². The molecule has 5 nitrogen and oxygen atoms in total. The Morgan fingerprint density at radius 3 is 2.71 bits per heavy atom. The Morgan fingerprint density at radius 2 is 2.05 bits per heavy atom. The largest absolute Gasteiger partial charge is 0.482 e. The molecule has 0 saturated heterocycles. The number of aliphatic hydroxyl groups is 2. The molecule has 0 spiro atoms. The lowest BCUT2D eigenvalue weighted by molar-refractivity contribution is 0.213. The van der Waals surface area contributed by atoms with E-state index in [1.54, 1.807) is 30.0 Å². The van der Waals surface area contributed by atoms with Crippen molar-refractivity contribution in [1.29, 1.82) is 0 Å². The van der Waals surface area contributed by atoms with Crippen LogP contribution in [0.25, 0.3) is 5.65 Å². The number of hydrogen-bond acceptors (Lipinski definition) is 4. The molecule has 0 aliphatic rings. The minimum absolute atomic E-state index is 0.195. The molecule has 2 N–H and O–H groups in total. The average molecular weight is 284 g/mol. The third-order valence-electron chi connectivity index (χ3n) is 3.53. The van der Waals surface area contributed by atoms with E-state index in [2.05, 4.69) is 4.98 Å². The van der Waals surface area contributed by atoms with Crippen molar-refractivity contribution < 1.29 is 14.9 Å². The van der Waals surface area contributed by atoms with E-state index in [1.165, 1.54) is 0 Å². The maximum Gasteiger partial charge on any atom is 0.199 e. The second kappa shape index (κ2) is 5.55. The molecule has 2 heterocycles. The first kappa shape index (κ1) is 13.6. The number of methoxy groups -OCH3 is 1. The summed E-state index contributed by atoms with van der Waals surface area (Å²) < 4.78 is 7.05. The monoisotopic (exact) mass is 284 g/mol. The number of benzene rings is 1. The molecule has 3 rings (SSSR count). The fraction of sp³-hybridized carbons (Fsp3) is 0.188. The summed E-state index contributed by atoms with van der Waals surface area (Å²) in [5, 5.41) is 20.3. The first-order valence-electron chi connectivity index (χ1n) is 6.63. The number of aromatic nitrogens is 2. The summed E-state index contributed by atoms with van der Waals surface area (Å²) in [4.78, 5) is 4.29. The molecule has 2 aromatic heterocycles. The first-order valence-corrected chi connectivity index (χ1v) is 6.63.